The normalized spacial score (nSPS) is 10.4. The number of nitrogens with zero attached hydrogens (tertiary/aromatic N) is 2. The quantitative estimate of drug-likeness (QED) is 0.751. The van der Waals surface area contributed by atoms with Crippen LogP contribution in [0, 0.1) is 0 Å². The van der Waals surface area contributed by atoms with E-state index in [9.17, 15) is 4.79 Å². The highest BCUT2D eigenvalue weighted by Gasteiger charge is 2.03. The summed E-state index contributed by atoms with van der Waals surface area (Å²) in [5.41, 5.74) is 2.00. The average molecular weight is 272 g/mol. The van der Waals surface area contributed by atoms with Gasteiger partial charge in [0.25, 0.3) is 0 Å². The monoisotopic (exact) mass is 272 g/mol. The van der Waals surface area contributed by atoms with Crippen molar-refractivity contribution in [3.63, 3.8) is 0 Å². The summed E-state index contributed by atoms with van der Waals surface area (Å²) in [5, 5.41) is 10.3. The Bertz CT molecular complexity index is 536. The van der Waals surface area contributed by atoms with Crippen molar-refractivity contribution in [2.24, 2.45) is 0 Å². The number of aromatic nitrogens is 2. The van der Waals surface area contributed by atoms with Crippen LogP contribution in [-0.4, -0.2) is 28.8 Å². The van der Waals surface area contributed by atoms with Crippen LogP contribution in [0.15, 0.2) is 42.7 Å². The van der Waals surface area contributed by atoms with Crippen molar-refractivity contribution < 1.29 is 4.79 Å². The van der Waals surface area contributed by atoms with Gasteiger partial charge >= 0.3 is 0 Å². The lowest BCUT2D eigenvalue weighted by Crippen LogP contribution is -2.27. The van der Waals surface area contributed by atoms with Crippen LogP contribution in [-0.2, 0) is 11.3 Å². The van der Waals surface area contributed by atoms with E-state index in [1.54, 1.807) is 10.9 Å². The fourth-order valence-corrected chi connectivity index (χ4v) is 1.84. The van der Waals surface area contributed by atoms with Crippen molar-refractivity contribution in [2.75, 3.05) is 13.1 Å². The van der Waals surface area contributed by atoms with Gasteiger partial charge in [0.05, 0.1) is 11.9 Å². The molecule has 1 heterocycles. The van der Waals surface area contributed by atoms with Gasteiger partial charge in [-0.25, -0.2) is 4.68 Å². The molecule has 0 aliphatic rings. The van der Waals surface area contributed by atoms with Crippen molar-refractivity contribution in [1.82, 2.24) is 20.4 Å². The Morgan fingerprint density at radius 2 is 2.10 bits per heavy atom. The Kier molecular flexibility index (Phi) is 5.32. The lowest BCUT2D eigenvalue weighted by molar-refractivity contribution is -0.121. The van der Waals surface area contributed by atoms with Gasteiger partial charge in [0.1, 0.15) is 0 Å². The zero-order valence-corrected chi connectivity index (χ0v) is 11.7. The molecule has 1 amide bonds. The van der Waals surface area contributed by atoms with E-state index in [1.165, 1.54) is 0 Å². The molecule has 20 heavy (non-hydrogen) atoms. The number of hydrogen-bond donors (Lipinski definition) is 2. The number of carbonyl (C=O) groups is 1. The molecule has 0 aliphatic heterocycles. The number of amides is 1. The molecule has 0 unspecified atom stereocenters. The molecule has 1 aromatic heterocycles. The zero-order chi connectivity index (χ0) is 14.2. The van der Waals surface area contributed by atoms with Crippen molar-refractivity contribution in [2.45, 2.75) is 19.9 Å². The maximum Gasteiger partial charge on any atom is 0.221 e. The van der Waals surface area contributed by atoms with Crippen molar-refractivity contribution in [3.8, 4) is 5.69 Å². The number of hydrogen-bond acceptors (Lipinski definition) is 3. The number of nitrogens with one attached hydrogen (secondary N) is 2. The van der Waals surface area contributed by atoms with E-state index < -0.39 is 0 Å². The lowest BCUT2D eigenvalue weighted by atomic mass is 10.3. The van der Waals surface area contributed by atoms with Gasteiger partial charge in [-0.15, -0.1) is 0 Å². The van der Waals surface area contributed by atoms with Crippen LogP contribution in [0.1, 0.15) is 18.9 Å². The first kappa shape index (κ1) is 14.3. The molecule has 2 N–H and O–H groups in total. The third kappa shape index (κ3) is 4.20. The number of carbonyl (C=O) groups excluding carboxylic acids is 1. The van der Waals surface area contributed by atoms with Crippen LogP contribution < -0.4 is 10.6 Å². The largest absolute Gasteiger partial charge is 0.352 e. The SMILES string of the molecule is CCNCCC(=O)NCc1cnn(-c2ccccc2)c1. The third-order valence-corrected chi connectivity index (χ3v) is 2.93. The maximum atomic E-state index is 11.6. The molecular formula is C15H20N4O. The summed E-state index contributed by atoms with van der Waals surface area (Å²) < 4.78 is 1.81. The van der Waals surface area contributed by atoms with Crippen LogP contribution >= 0.6 is 0 Å². The van der Waals surface area contributed by atoms with E-state index in [4.69, 9.17) is 0 Å². The van der Waals surface area contributed by atoms with Gasteiger partial charge in [-0.3, -0.25) is 4.79 Å². The molecule has 0 spiro atoms. The lowest BCUT2D eigenvalue weighted by Gasteiger charge is -2.04. The molecule has 0 saturated carbocycles. The molecule has 5 nitrogen and oxygen atoms in total. The number of para-hydroxylation sites is 1. The van der Waals surface area contributed by atoms with Crippen LogP contribution in [0.4, 0.5) is 0 Å². The molecule has 5 heteroatoms. The maximum absolute atomic E-state index is 11.6. The third-order valence-electron chi connectivity index (χ3n) is 2.93. The number of rotatable bonds is 7. The molecular weight excluding hydrogens is 252 g/mol. The highest BCUT2D eigenvalue weighted by Crippen LogP contribution is 2.07. The topological polar surface area (TPSA) is 59.0 Å². The summed E-state index contributed by atoms with van der Waals surface area (Å²) in [7, 11) is 0. The fraction of sp³-hybridized carbons (Fsp3) is 0.333. The number of benzene rings is 1. The van der Waals surface area contributed by atoms with E-state index >= 15 is 0 Å². The summed E-state index contributed by atoms with van der Waals surface area (Å²) in [6.07, 6.45) is 4.21. The molecule has 0 radical (unpaired) electrons. The predicted octanol–water partition coefficient (Wildman–Crippen LogP) is 1.49. The summed E-state index contributed by atoms with van der Waals surface area (Å²) in [5.74, 6) is 0.0541. The van der Waals surface area contributed by atoms with Crippen molar-refractivity contribution in [3.05, 3.63) is 48.3 Å². The first-order valence-electron chi connectivity index (χ1n) is 6.86. The Morgan fingerprint density at radius 3 is 2.85 bits per heavy atom. The second-order valence-electron chi connectivity index (χ2n) is 4.51. The van der Waals surface area contributed by atoms with Crippen molar-refractivity contribution >= 4 is 5.91 Å². The summed E-state index contributed by atoms with van der Waals surface area (Å²) >= 11 is 0. The van der Waals surface area contributed by atoms with Crippen LogP contribution in [0.5, 0.6) is 0 Å². The van der Waals surface area contributed by atoms with Crippen LogP contribution in [0.3, 0.4) is 0 Å². The summed E-state index contributed by atoms with van der Waals surface area (Å²) in [6, 6.07) is 9.90. The summed E-state index contributed by atoms with van der Waals surface area (Å²) in [6.45, 7) is 4.14. The Morgan fingerprint density at radius 1 is 1.30 bits per heavy atom. The minimum atomic E-state index is 0.0541. The molecule has 1 aromatic carbocycles. The molecule has 0 aliphatic carbocycles. The molecule has 0 atom stereocenters. The molecule has 2 rings (SSSR count). The minimum Gasteiger partial charge on any atom is -0.352 e. The van der Waals surface area contributed by atoms with Gasteiger partial charge in [0, 0.05) is 31.3 Å². The highest BCUT2D eigenvalue weighted by atomic mass is 16.1. The molecule has 0 fully saturated rings. The Balaban J connectivity index is 1.83. The second kappa shape index (κ2) is 7.45. The van der Waals surface area contributed by atoms with E-state index in [0.717, 1.165) is 17.8 Å². The van der Waals surface area contributed by atoms with Gasteiger partial charge in [-0.1, -0.05) is 25.1 Å². The standard InChI is InChI=1S/C15H20N4O/c1-2-16-9-8-15(20)17-10-13-11-18-19(12-13)14-6-4-3-5-7-14/h3-7,11-12,16H,2,8-10H2,1H3,(H,17,20). The Hall–Kier alpha value is -2.14. The zero-order valence-electron chi connectivity index (χ0n) is 11.7. The minimum absolute atomic E-state index is 0.0541. The van der Waals surface area contributed by atoms with Gasteiger partial charge < -0.3 is 10.6 Å². The predicted molar refractivity (Wildman–Crippen MR) is 78.6 cm³/mol. The average Bonchev–Trinajstić information content (AvgIpc) is 2.95. The fourth-order valence-electron chi connectivity index (χ4n) is 1.84. The molecule has 2 aromatic rings. The Labute approximate surface area is 119 Å². The van der Waals surface area contributed by atoms with Crippen LogP contribution in [0.2, 0.25) is 0 Å². The van der Waals surface area contributed by atoms with Gasteiger partial charge in [-0.2, -0.15) is 5.10 Å². The van der Waals surface area contributed by atoms with E-state index in [1.807, 2.05) is 43.5 Å². The molecule has 106 valence electrons. The van der Waals surface area contributed by atoms with Crippen molar-refractivity contribution in [1.29, 1.82) is 0 Å². The summed E-state index contributed by atoms with van der Waals surface area (Å²) in [4.78, 5) is 11.6. The molecule has 0 saturated heterocycles. The first-order chi connectivity index (χ1) is 9.79. The van der Waals surface area contributed by atoms with Gasteiger partial charge in [0.15, 0.2) is 0 Å². The smallest absolute Gasteiger partial charge is 0.221 e. The molecule has 0 bridgehead atoms. The second-order valence-corrected chi connectivity index (χ2v) is 4.51. The highest BCUT2D eigenvalue weighted by molar-refractivity contribution is 5.76. The van der Waals surface area contributed by atoms with Gasteiger partial charge in [-0.05, 0) is 18.7 Å². The van der Waals surface area contributed by atoms with E-state index in [0.29, 0.717) is 19.5 Å². The van der Waals surface area contributed by atoms with Gasteiger partial charge in [0.2, 0.25) is 5.91 Å². The van der Waals surface area contributed by atoms with E-state index in [2.05, 4.69) is 15.7 Å². The van der Waals surface area contributed by atoms with Crippen LogP contribution in [0.25, 0.3) is 5.69 Å². The van der Waals surface area contributed by atoms with E-state index in [-0.39, 0.29) is 5.91 Å². The first-order valence-corrected chi connectivity index (χ1v) is 6.86.